The van der Waals surface area contributed by atoms with Crippen molar-refractivity contribution in [1.82, 2.24) is 10.2 Å². The Balaban J connectivity index is 1.96. The zero-order valence-corrected chi connectivity index (χ0v) is 14.4. The number of nitrogens with zero attached hydrogens (tertiary/aromatic N) is 3. The molecule has 1 aliphatic rings. The maximum Gasteiger partial charge on any atom is 0.325 e. The highest BCUT2D eigenvalue weighted by atomic mass is 16.4. The Labute approximate surface area is 147 Å². The Kier molecular flexibility index (Phi) is 6.01. The van der Waals surface area contributed by atoms with Gasteiger partial charge in [-0.3, -0.25) is 9.59 Å². The third kappa shape index (κ3) is 4.98. The minimum absolute atomic E-state index is 0.0860. The van der Waals surface area contributed by atoms with Gasteiger partial charge in [0.15, 0.2) is 0 Å². The van der Waals surface area contributed by atoms with Gasteiger partial charge in [-0.15, -0.1) is 0 Å². The second-order valence-corrected chi connectivity index (χ2v) is 6.05. The fourth-order valence-corrected chi connectivity index (χ4v) is 2.59. The molecule has 0 aliphatic carbocycles. The van der Waals surface area contributed by atoms with E-state index < -0.39 is 17.9 Å². The molecular weight excluding hydrogens is 320 g/mol. The Bertz CT molecular complexity index is 715. The van der Waals surface area contributed by atoms with Crippen LogP contribution in [0, 0.1) is 18.3 Å². The third-order valence-electron chi connectivity index (χ3n) is 4.08. The molecule has 132 valence electrons. The summed E-state index contributed by atoms with van der Waals surface area (Å²) in [4.78, 5) is 27.0. The maximum atomic E-state index is 12.0. The average molecular weight is 342 g/mol. The first-order valence-electron chi connectivity index (χ1n) is 8.12. The highest BCUT2D eigenvalue weighted by Gasteiger charge is 2.20. The summed E-state index contributed by atoms with van der Waals surface area (Å²) in [5.41, 5.74) is 2.28. The minimum Gasteiger partial charge on any atom is -0.480 e. The average Bonchev–Trinajstić information content (AvgIpc) is 2.60. The lowest BCUT2D eigenvalue weighted by molar-refractivity contribution is -0.140. The van der Waals surface area contributed by atoms with E-state index in [9.17, 15) is 14.9 Å². The molecule has 0 aromatic heterocycles. The predicted molar refractivity (Wildman–Crippen MR) is 93.9 cm³/mol. The Morgan fingerprint density at radius 1 is 1.32 bits per heavy atom. The summed E-state index contributed by atoms with van der Waals surface area (Å²) < 4.78 is 0. The first kappa shape index (κ1) is 18.3. The van der Waals surface area contributed by atoms with Crippen LogP contribution in [0.3, 0.4) is 0 Å². The molecule has 1 aromatic carbocycles. The number of hydrogen-bond donors (Lipinski definition) is 2. The van der Waals surface area contributed by atoms with Crippen LogP contribution in [0.25, 0.3) is 0 Å². The van der Waals surface area contributed by atoms with Crippen molar-refractivity contribution in [3.8, 4) is 6.07 Å². The molecule has 1 heterocycles. The number of amides is 1. The lowest BCUT2D eigenvalue weighted by Crippen LogP contribution is -2.45. The van der Waals surface area contributed by atoms with Gasteiger partial charge in [0.25, 0.3) is 5.91 Å². The fraction of sp³-hybridized carbons (Fsp3) is 0.389. The van der Waals surface area contributed by atoms with Crippen LogP contribution in [-0.2, 0) is 9.59 Å². The van der Waals surface area contributed by atoms with Gasteiger partial charge in [-0.25, -0.2) is 0 Å². The number of nitrogens with one attached hydrogen (secondary N) is 1. The van der Waals surface area contributed by atoms with E-state index in [-0.39, 0.29) is 5.57 Å². The van der Waals surface area contributed by atoms with E-state index in [1.54, 1.807) is 0 Å². The minimum atomic E-state index is -1.14. The zero-order valence-electron chi connectivity index (χ0n) is 14.4. The SMILES string of the molecule is Cc1cccc(N2CCN(/C=C(/C#N)C(=O)NC(C)C(=O)O)CC2)c1. The number of carbonyl (C=O) groups is 2. The van der Waals surface area contributed by atoms with Gasteiger partial charge in [-0.05, 0) is 31.5 Å². The molecule has 1 atom stereocenters. The molecular formula is C18H22N4O3. The Morgan fingerprint density at radius 2 is 2.00 bits per heavy atom. The van der Waals surface area contributed by atoms with Gasteiger partial charge in [0, 0.05) is 38.1 Å². The predicted octanol–water partition coefficient (Wildman–Crippen LogP) is 1.11. The number of piperazine rings is 1. The molecule has 1 unspecified atom stereocenters. The van der Waals surface area contributed by atoms with Crippen molar-refractivity contribution in [2.24, 2.45) is 0 Å². The smallest absolute Gasteiger partial charge is 0.325 e. The van der Waals surface area contributed by atoms with E-state index in [1.807, 2.05) is 17.0 Å². The molecule has 2 N–H and O–H groups in total. The van der Waals surface area contributed by atoms with Crippen LogP contribution >= 0.6 is 0 Å². The molecule has 7 nitrogen and oxygen atoms in total. The maximum absolute atomic E-state index is 12.0. The molecule has 1 amide bonds. The quantitative estimate of drug-likeness (QED) is 0.615. The van der Waals surface area contributed by atoms with Crippen LogP contribution < -0.4 is 10.2 Å². The number of carbonyl (C=O) groups excluding carboxylic acids is 1. The number of aliphatic carboxylic acids is 1. The largest absolute Gasteiger partial charge is 0.480 e. The van der Waals surface area contributed by atoms with Crippen LogP contribution in [0.15, 0.2) is 36.0 Å². The Morgan fingerprint density at radius 3 is 2.56 bits per heavy atom. The number of carboxylic acid groups (broad SMARTS) is 1. The summed E-state index contributed by atoms with van der Waals surface area (Å²) in [5, 5.41) is 20.3. The van der Waals surface area contributed by atoms with Gasteiger partial charge >= 0.3 is 5.97 Å². The fourth-order valence-electron chi connectivity index (χ4n) is 2.59. The summed E-state index contributed by atoms with van der Waals surface area (Å²) in [6.07, 6.45) is 1.51. The summed E-state index contributed by atoms with van der Waals surface area (Å²) in [5.74, 6) is -1.81. The monoisotopic (exact) mass is 342 g/mol. The van der Waals surface area contributed by atoms with E-state index >= 15 is 0 Å². The van der Waals surface area contributed by atoms with E-state index in [4.69, 9.17) is 5.11 Å². The van der Waals surface area contributed by atoms with Crippen molar-refractivity contribution in [3.05, 3.63) is 41.6 Å². The summed E-state index contributed by atoms with van der Waals surface area (Å²) in [6.45, 7) is 6.34. The molecule has 1 aliphatic heterocycles. The number of benzene rings is 1. The van der Waals surface area contributed by atoms with Crippen LogP contribution in [0.1, 0.15) is 12.5 Å². The highest BCUT2D eigenvalue weighted by molar-refractivity contribution is 5.99. The molecule has 1 fully saturated rings. The number of anilines is 1. The molecule has 0 spiro atoms. The van der Waals surface area contributed by atoms with Gasteiger partial charge in [0.05, 0.1) is 0 Å². The molecule has 0 saturated carbocycles. The van der Waals surface area contributed by atoms with Crippen molar-refractivity contribution in [2.75, 3.05) is 31.1 Å². The second kappa shape index (κ2) is 8.20. The first-order valence-corrected chi connectivity index (χ1v) is 8.12. The van der Waals surface area contributed by atoms with Crippen molar-refractivity contribution in [1.29, 1.82) is 5.26 Å². The summed E-state index contributed by atoms with van der Waals surface area (Å²) >= 11 is 0. The van der Waals surface area contributed by atoms with Crippen LogP contribution in [-0.4, -0.2) is 54.1 Å². The number of aryl methyl sites for hydroxylation is 1. The zero-order chi connectivity index (χ0) is 18.4. The van der Waals surface area contributed by atoms with Crippen LogP contribution in [0.2, 0.25) is 0 Å². The molecule has 1 saturated heterocycles. The lowest BCUT2D eigenvalue weighted by atomic mass is 10.2. The molecule has 0 radical (unpaired) electrons. The topological polar surface area (TPSA) is 96.7 Å². The molecule has 25 heavy (non-hydrogen) atoms. The third-order valence-corrected chi connectivity index (χ3v) is 4.08. The highest BCUT2D eigenvalue weighted by Crippen LogP contribution is 2.18. The Hall–Kier alpha value is -3.01. The van der Waals surface area contributed by atoms with Gasteiger partial charge in [-0.1, -0.05) is 12.1 Å². The van der Waals surface area contributed by atoms with Crippen molar-refractivity contribution < 1.29 is 14.7 Å². The molecule has 7 heteroatoms. The normalized spacial score (nSPS) is 16.1. The molecule has 2 rings (SSSR count). The number of carboxylic acids is 1. The van der Waals surface area contributed by atoms with E-state index in [0.29, 0.717) is 13.1 Å². The standard InChI is InChI=1S/C18H22N4O3/c1-13-4-3-5-16(10-13)22-8-6-21(7-9-22)12-15(11-19)17(23)20-14(2)18(24)25/h3-5,10,12,14H,6-9H2,1-2H3,(H,20,23)(H,24,25)/b15-12-. The van der Waals surface area contributed by atoms with Crippen LogP contribution in [0.5, 0.6) is 0 Å². The summed E-state index contributed by atoms with van der Waals surface area (Å²) in [6, 6.07) is 9.09. The van der Waals surface area contributed by atoms with Gasteiger partial charge in [-0.2, -0.15) is 5.26 Å². The molecule has 0 bridgehead atoms. The first-order chi connectivity index (χ1) is 11.9. The number of nitriles is 1. The lowest BCUT2D eigenvalue weighted by Gasteiger charge is -2.35. The van der Waals surface area contributed by atoms with Gasteiger partial charge in [0.1, 0.15) is 17.7 Å². The second-order valence-electron chi connectivity index (χ2n) is 6.05. The van der Waals surface area contributed by atoms with Gasteiger partial charge < -0.3 is 20.2 Å². The van der Waals surface area contributed by atoms with Crippen molar-refractivity contribution in [2.45, 2.75) is 19.9 Å². The van der Waals surface area contributed by atoms with Crippen LogP contribution in [0.4, 0.5) is 5.69 Å². The van der Waals surface area contributed by atoms with E-state index in [1.165, 1.54) is 18.7 Å². The van der Waals surface area contributed by atoms with E-state index in [0.717, 1.165) is 18.8 Å². The van der Waals surface area contributed by atoms with E-state index in [2.05, 4.69) is 35.3 Å². The number of rotatable bonds is 5. The summed E-state index contributed by atoms with van der Waals surface area (Å²) in [7, 11) is 0. The van der Waals surface area contributed by atoms with Crippen molar-refractivity contribution >= 4 is 17.6 Å². The number of hydrogen-bond acceptors (Lipinski definition) is 5. The molecule has 1 aromatic rings. The van der Waals surface area contributed by atoms with Crippen molar-refractivity contribution in [3.63, 3.8) is 0 Å². The van der Waals surface area contributed by atoms with Gasteiger partial charge in [0.2, 0.25) is 0 Å².